The van der Waals surface area contributed by atoms with Gasteiger partial charge in [0, 0.05) is 12.2 Å². The Morgan fingerprint density at radius 3 is 2.33 bits per heavy atom. The van der Waals surface area contributed by atoms with E-state index >= 15 is 0 Å². The van der Waals surface area contributed by atoms with E-state index in [1.807, 2.05) is 58.1 Å². The molecule has 1 aliphatic heterocycles. The van der Waals surface area contributed by atoms with Crippen LogP contribution >= 0.6 is 0 Å². The molecule has 0 aromatic carbocycles. The number of pyridine rings is 1. The van der Waals surface area contributed by atoms with Crippen LogP contribution in [-0.4, -0.2) is 23.3 Å². The van der Waals surface area contributed by atoms with Gasteiger partial charge >= 0.3 is 7.12 Å². The summed E-state index contributed by atoms with van der Waals surface area (Å²) in [6.07, 6.45) is 4.68. The molecule has 0 spiro atoms. The Hall–Kier alpha value is -1.17. The van der Waals surface area contributed by atoms with Crippen molar-refractivity contribution in [2.75, 3.05) is 0 Å². The number of nitrogens with zero attached hydrogens (tertiary/aromatic N) is 1. The lowest BCUT2D eigenvalue weighted by molar-refractivity contribution is 0.00578. The highest BCUT2D eigenvalue weighted by Gasteiger charge is 2.49. The largest absolute Gasteiger partial charge is 0.487 e. The second-order valence-corrected chi connectivity index (χ2v) is 6.51. The molecule has 0 aliphatic carbocycles. The van der Waals surface area contributed by atoms with Crippen molar-refractivity contribution < 1.29 is 9.31 Å². The molecule has 1 saturated heterocycles. The summed E-state index contributed by atoms with van der Waals surface area (Å²) in [5.41, 5.74) is 7.27. The van der Waals surface area contributed by atoms with Gasteiger partial charge in [0.05, 0.1) is 16.9 Å². The van der Waals surface area contributed by atoms with Gasteiger partial charge in [0.15, 0.2) is 0 Å². The van der Waals surface area contributed by atoms with Crippen molar-refractivity contribution in [1.29, 1.82) is 0 Å². The molecule has 1 aliphatic rings. The minimum atomic E-state index is -0.326. The Balaban J connectivity index is 2.03. The maximum absolute atomic E-state index is 5.96. The molecule has 0 amide bonds. The molecule has 1 aromatic rings. The van der Waals surface area contributed by atoms with E-state index < -0.39 is 0 Å². The maximum Gasteiger partial charge on any atom is 0.487 e. The van der Waals surface area contributed by atoms with Crippen LogP contribution in [0.4, 0.5) is 0 Å². The summed E-state index contributed by atoms with van der Waals surface area (Å²) in [4.78, 5) is 4.39. The zero-order chi connectivity index (χ0) is 15.7. The highest BCUT2D eigenvalue weighted by atomic mass is 16.7. The van der Waals surface area contributed by atoms with Gasteiger partial charge in [-0.2, -0.15) is 0 Å². The number of hydrogen-bond acceptors (Lipinski definition) is 4. The van der Waals surface area contributed by atoms with Crippen LogP contribution < -0.4 is 5.73 Å². The van der Waals surface area contributed by atoms with Crippen LogP contribution in [0.25, 0.3) is 6.08 Å². The van der Waals surface area contributed by atoms with Crippen molar-refractivity contribution in [2.45, 2.75) is 58.3 Å². The molecule has 2 N–H and O–H groups in total. The number of rotatable bonds is 4. The van der Waals surface area contributed by atoms with E-state index in [1.165, 1.54) is 0 Å². The first-order chi connectivity index (χ1) is 9.75. The normalized spacial score (nSPS) is 21.9. The van der Waals surface area contributed by atoms with Gasteiger partial charge in [-0.3, -0.25) is 4.98 Å². The predicted octanol–water partition coefficient (Wildman–Crippen LogP) is 3.14. The standard InChI is InChI=1S/C16H25BN2O2/c1-6-13(18)14-8-7-12(11-19-14)9-10-17-20-15(2,3)16(4,5)21-17/h7-11,13H,6,18H2,1-5H3/b10-9+. The van der Waals surface area contributed by atoms with Crippen LogP contribution in [-0.2, 0) is 9.31 Å². The van der Waals surface area contributed by atoms with Gasteiger partial charge in [-0.1, -0.05) is 25.0 Å². The lowest BCUT2D eigenvalue weighted by Gasteiger charge is -2.32. The van der Waals surface area contributed by atoms with Crippen molar-refractivity contribution >= 4 is 13.2 Å². The molecule has 0 saturated carbocycles. The van der Waals surface area contributed by atoms with Crippen LogP contribution in [0.15, 0.2) is 24.3 Å². The summed E-state index contributed by atoms with van der Waals surface area (Å²) in [5, 5.41) is 0. The van der Waals surface area contributed by atoms with E-state index in [1.54, 1.807) is 0 Å². The third kappa shape index (κ3) is 3.54. The second kappa shape index (κ2) is 5.91. The van der Waals surface area contributed by atoms with Crippen LogP contribution in [0.1, 0.15) is 58.3 Å². The smallest absolute Gasteiger partial charge is 0.400 e. The SMILES string of the molecule is CCC(N)c1ccc(/C=C/B2OC(C)(C)C(C)(C)O2)cn1. The summed E-state index contributed by atoms with van der Waals surface area (Å²) < 4.78 is 11.8. The first-order valence-electron chi connectivity index (χ1n) is 7.50. The summed E-state index contributed by atoms with van der Waals surface area (Å²) in [7, 11) is -0.326. The van der Waals surface area contributed by atoms with E-state index in [0.29, 0.717) is 0 Å². The Morgan fingerprint density at radius 2 is 1.86 bits per heavy atom. The van der Waals surface area contributed by atoms with Crippen LogP contribution in [0.5, 0.6) is 0 Å². The van der Waals surface area contributed by atoms with E-state index in [0.717, 1.165) is 17.7 Å². The summed E-state index contributed by atoms with van der Waals surface area (Å²) in [5.74, 6) is 1.92. The Morgan fingerprint density at radius 1 is 1.24 bits per heavy atom. The highest BCUT2D eigenvalue weighted by molar-refractivity contribution is 6.52. The molecule has 114 valence electrons. The second-order valence-electron chi connectivity index (χ2n) is 6.51. The fraction of sp³-hybridized carbons (Fsp3) is 0.562. The quantitative estimate of drug-likeness (QED) is 0.865. The molecule has 1 fully saturated rings. The molecule has 21 heavy (non-hydrogen) atoms. The molecular formula is C16H25BN2O2. The van der Waals surface area contributed by atoms with Gasteiger partial charge in [-0.15, -0.1) is 0 Å². The topological polar surface area (TPSA) is 57.4 Å². The third-order valence-corrected chi connectivity index (χ3v) is 4.35. The lowest BCUT2D eigenvalue weighted by atomic mass is 9.89. The average Bonchev–Trinajstić information content (AvgIpc) is 2.64. The molecule has 1 aromatic heterocycles. The summed E-state index contributed by atoms with van der Waals surface area (Å²) in [6.45, 7) is 10.2. The number of nitrogens with two attached hydrogens (primary N) is 1. The van der Waals surface area contributed by atoms with Crippen molar-refractivity contribution in [1.82, 2.24) is 4.98 Å². The van der Waals surface area contributed by atoms with Crippen LogP contribution in [0.2, 0.25) is 0 Å². The van der Waals surface area contributed by atoms with Gasteiger partial charge in [0.25, 0.3) is 0 Å². The maximum atomic E-state index is 5.96. The number of aromatic nitrogens is 1. The van der Waals surface area contributed by atoms with E-state index in [-0.39, 0.29) is 24.4 Å². The fourth-order valence-electron chi connectivity index (χ4n) is 2.10. The van der Waals surface area contributed by atoms with Crippen molar-refractivity contribution in [2.24, 2.45) is 5.73 Å². The molecule has 4 nitrogen and oxygen atoms in total. The average molecular weight is 288 g/mol. The molecule has 0 bridgehead atoms. The molecule has 1 unspecified atom stereocenters. The van der Waals surface area contributed by atoms with Gasteiger partial charge < -0.3 is 15.0 Å². The Labute approximate surface area is 127 Å². The Kier molecular flexibility index (Phi) is 4.56. The molecule has 0 radical (unpaired) electrons. The molecule has 1 atom stereocenters. The first-order valence-corrected chi connectivity index (χ1v) is 7.50. The van der Waals surface area contributed by atoms with Crippen molar-refractivity contribution in [3.05, 3.63) is 35.6 Å². The van der Waals surface area contributed by atoms with Gasteiger partial charge in [-0.05, 0) is 45.7 Å². The van der Waals surface area contributed by atoms with Crippen LogP contribution in [0.3, 0.4) is 0 Å². The highest BCUT2D eigenvalue weighted by Crippen LogP contribution is 2.36. The molecule has 2 heterocycles. The van der Waals surface area contributed by atoms with E-state index in [9.17, 15) is 0 Å². The fourth-order valence-corrected chi connectivity index (χ4v) is 2.10. The zero-order valence-corrected chi connectivity index (χ0v) is 13.6. The molecule has 5 heteroatoms. The first kappa shape index (κ1) is 16.2. The zero-order valence-electron chi connectivity index (χ0n) is 13.6. The monoisotopic (exact) mass is 288 g/mol. The summed E-state index contributed by atoms with van der Waals surface area (Å²) in [6, 6.07) is 3.99. The van der Waals surface area contributed by atoms with Crippen LogP contribution in [0, 0.1) is 0 Å². The van der Waals surface area contributed by atoms with E-state index in [2.05, 4.69) is 11.9 Å². The number of hydrogen-bond donors (Lipinski definition) is 1. The molecule has 2 rings (SSSR count). The van der Waals surface area contributed by atoms with Gasteiger partial charge in [-0.25, -0.2) is 0 Å². The third-order valence-electron chi connectivity index (χ3n) is 4.35. The van der Waals surface area contributed by atoms with Gasteiger partial charge in [0.2, 0.25) is 0 Å². The summed E-state index contributed by atoms with van der Waals surface area (Å²) >= 11 is 0. The minimum absolute atomic E-state index is 0.00567. The van der Waals surface area contributed by atoms with Crippen molar-refractivity contribution in [3.63, 3.8) is 0 Å². The lowest BCUT2D eigenvalue weighted by Crippen LogP contribution is -2.41. The van der Waals surface area contributed by atoms with Crippen molar-refractivity contribution in [3.8, 4) is 0 Å². The molecular weight excluding hydrogens is 263 g/mol. The van der Waals surface area contributed by atoms with Gasteiger partial charge in [0.1, 0.15) is 0 Å². The minimum Gasteiger partial charge on any atom is -0.400 e. The Bertz CT molecular complexity index is 496. The van der Waals surface area contributed by atoms with E-state index in [4.69, 9.17) is 15.0 Å². The predicted molar refractivity (Wildman–Crippen MR) is 86.6 cm³/mol.